The lowest BCUT2D eigenvalue weighted by molar-refractivity contribution is -0.155. The minimum absolute atomic E-state index is 0.00438. The molecule has 3 atom stereocenters. The molecule has 22 heavy (non-hydrogen) atoms. The molecule has 0 aliphatic carbocycles. The molecule has 3 unspecified atom stereocenters. The van der Waals surface area contributed by atoms with Gasteiger partial charge >= 0.3 is 5.97 Å². The van der Waals surface area contributed by atoms with Crippen LogP contribution in [0.3, 0.4) is 0 Å². The smallest absolute Gasteiger partial charge is 0.312 e. The highest BCUT2D eigenvalue weighted by Crippen LogP contribution is 2.53. The predicted molar refractivity (Wildman–Crippen MR) is 84.2 cm³/mol. The molecule has 0 saturated carbocycles. The lowest BCUT2D eigenvalue weighted by Gasteiger charge is -2.35. The standard InChI is InChI=1S/C16H23O5P/c1-2-16(15(17)18,14-9-6-10-21-14)12-22(19,20)11-13-7-4-3-5-8-13/h3-5,7-8,14H,2,6,9-12H2,1H3,(H,17,18)(H,19,20). The number of ether oxygens (including phenoxy) is 1. The van der Waals surface area contributed by atoms with E-state index in [1.54, 1.807) is 31.2 Å². The van der Waals surface area contributed by atoms with Crippen molar-refractivity contribution in [1.82, 2.24) is 0 Å². The van der Waals surface area contributed by atoms with Gasteiger partial charge in [0.25, 0.3) is 0 Å². The Morgan fingerprint density at radius 2 is 2.09 bits per heavy atom. The highest BCUT2D eigenvalue weighted by molar-refractivity contribution is 7.57. The largest absolute Gasteiger partial charge is 0.481 e. The Balaban J connectivity index is 2.21. The number of hydrogen-bond acceptors (Lipinski definition) is 3. The Morgan fingerprint density at radius 1 is 1.41 bits per heavy atom. The minimum atomic E-state index is -3.62. The lowest BCUT2D eigenvalue weighted by Crippen LogP contribution is -2.45. The summed E-state index contributed by atoms with van der Waals surface area (Å²) in [7, 11) is -3.62. The second-order valence-electron chi connectivity index (χ2n) is 5.96. The van der Waals surface area contributed by atoms with Crippen molar-refractivity contribution in [3.8, 4) is 0 Å². The number of carbonyl (C=O) groups is 1. The molecule has 1 aromatic rings. The quantitative estimate of drug-likeness (QED) is 0.752. The van der Waals surface area contributed by atoms with Crippen LogP contribution in [0, 0.1) is 5.41 Å². The van der Waals surface area contributed by atoms with E-state index in [4.69, 9.17) is 4.74 Å². The second kappa shape index (κ2) is 6.95. The third kappa shape index (κ3) is 3.78. The lowest BCUT2D eigenvalue weighted by atomic mass is 9.80. The number of carboxylic acids is 1. The Kier molecular flexibility index (Phi) is 5.43. The molecule has 0 amide bonds. The van der Waals surface area contributed by atoms with Gasteiger partial charge in [0, 0.05) is 18.9 Å². The van der Waals surface area contributed by atoms with Crippen molar-refractivity contribution in [2.75, 3.05) is 12.8 Å². The third-order valence-electron chi connectivity index (χ3n) is 4.40. The van der Waals surface area contributed by atoms with Crippen LogP contribution in [0.1, 0.15) is 31.7 Å². The molecule has 0 spiro atoms. The summed E-state index contributed by atoms with van der Waals surface area (Å²) in [5, 5.41) is 9.70. The zero-order chi connectivity index (χ0) is 16.2. The summed E-state index contributed by atoms with van der Waals surface area (Å²) < 4.78 is 18.2. The highest BCUT2D eigenvalue weighted by Gasteiger charge is 2.50. The molecule has 0 bridgehead atoms. The van der Waals surface area contributed by atoms with E-state index in [9.17, 15) is 19.4 Å². The molecule has 1 saturated heterocycles. The molecule has 2 N–H and O–H groups in total. The van der Waals surface area contributed by atoms with Crippen molar-refractivity contribution in [3.63, 3.8) is 0 Å². The molecule has 1 aromatic carbocycles. The molecule has 1 fully saturated rings. The fraction of sp³-hybridized carbons (Fsp3) is 0.562. The van der Waals surface area contributed by atoms with Gasteiger partial charge < -0.3 is 14.7 Å². The van der Waals surface area contributed by atoms with E-state index in [2.05, 4.69) is 0 Å². The van der Waals surface area contributed by atoms with Crippen LogP contribution in [0.5, 0.6) is 0 Å². The van der Waals surface area contributed by atoms with Crippen LogP contribution < -0.4 is 0 Å². The monoisotopic (exact) mass is 326 g/mol. The number of aliphatic carboxylic acids is 1. The van der Waals surface area contributed by atoms with Gasteiger partial charge in [-0.05, 0) is 24.8 Å². The molecule has 5 nitrogen and oxygen atoms in total. The van der Waals surface area contributed by atoms with Crippen LogP contribution >= 0.6 is 7.37 Å². The van der Waals surface area contributed by atoms with Crippen molar-refractivity contribution in [1.29, 1.82) is 0 Å². The molecule has 122 valence electrons. The van der Waals surface area contributed by atoms with E-state index in [0.717, 1.165) is 12.0 Å². The molecular formula is C16H23O5P. The Labute approximate surface area is 130 Å². The minimum Gasteiger partial charge on any atom is -0.481 e. The zero-order valence-electron chi connectivity index (χ0n) is 12.8. The highest BCUT2D eigenvalue weighted by atomic mass is 31.2. The van der Waals surface area contributed by atoms with Crippen molar-refractivity contribution in [2.24, 2.45) is 5.41 Å². The summed E-state index contributed by atoms with van der Waals surface area (Å²) in [5.74, 6) is -1.04. The first-order valence-corrected chi connectivity index (χ1v) is 9.62. The Morgan fingerprint density at radius 3 is 2.59 bits per heavy atom. The van der Waals surface area contributed by atoms with Gasteiger partial charge in [-0.3, -0.25) is 9.36 Å². The molecule has 1 heterocycles. The average molecular weight is 326 g/mol. The molecule has 1 aliphatic rings. The zero-order valence-corrected chi connectivity index (χ0v) is 13.7. The van der Waals surface area contributed by atoms with Crippen molar-refractivity contribution in [2.45, 2.75) is 38.5 Å². The fourth-order valence-corrected chi connectivity index (χ4v) is 5.51. The van der Waals surface area contributed by atoms with Crippen molar-refractivity contribution in [3.05, 3.63) is 35.9 Å². The predicted octanol–water partition coefficient (Wildman–Crippen LogP) is 3.12. The van der Waals surface area contributed by atoms with E-state index in [-0.39, 0.29) is 18.7 Å². The molecule has 1 aliphatic heterocycles. The SMILES string of the molecule is CCC(CP(=O)(O)Cc1ccccc1)(C(=O)O)C1CCCO1. The van der Waals surface area contributed by atoms with Gasteiger partial charge in [0.15, 0.2) is 0 Å². The van der Waals surface area contributed by atoms with Crippen LogP contribution in [0.2, 0.25) is 0 Å². The first-order chi connectivity index (χ1) is 10.4. The van der Waals surface area contributed by atoms with Crippen LogP contribution in [0.15, 0.2) is 30.3 Å². The normalized spacial score (nSPS) is 23.6. The van der Waals surface area contributed by atoms with Crippen LogP contribution in [0.25, 0.3) is 0 Å². The van der Waals surface area contributed by atoms with Gasteiger partial charge in [-0.25, -0.2) is 0 Å². The fourth-order valence-electron chi connectivity index (χ4n) is 3.18. The first kappa shape index (κ1) is 17.2. The Bertz CT molecular complexity index is 553. The number of benzene rings is 1. The molecule has 6 heteroatoms. The van der Waals surface area contributed by atoms with Crippen molar-refractivity contribution >= 4 is 13.3 Å². The molecule has 0 radical (unpaired) electrons. The number of hydrogen-bond donors (Lipinski definition) is 2. The van der Waals surface area contributed by atoms with Crippen LogP contribution in [0.4, 0.5) is 0 Å². The molecule has 0 aromatic heterocycles. The average Bonchev–Trinajstić information content (AvgIpc) is 2.99. The third-order valence-corrected chi connectivity index (χ3v) is 6.32. The van der Waals surface area contributed by atoms with Gasteiger partial charge in [-0.1, -0.05) is 37.3 Å². The maximum absolute atomic E-state index is 12.7. The summed E-state index contributed by atoms with van der Waals surface area (Å²) in [4.78, 5) is 22.2. The molecule has 2 rings (SSSR count). The van der Waals surface area contributed by atoms with Gasteiger partial charge in [0.05, 0.1) is 6.10 Å². The topological polar surface area (TPSA) is 83.8 Å². The molecular weight excluding hydrogens is 303 g/mol. The summed E-state index contributed by atoms with van der Waals surface area (Å²) in [6.07, 6.45) is 0.985. The summed E-state index contributed by atoms with van der Waals surface area (Å²) in [6, 6.07) is 9.01. The van der Waals surface area contributed by atoms with E-state index in [1.807, 2.05) is 6.07 Å². The van der Waals surface area contributed by atoms with Crippen molar-refractivity contribution < 1.29 is 24.1 Å². The van der Waals surface area contributed by atoms with E-state index >= 15 is 0 Å². The van der Waals surface area contributed by atoms with Crippen LogP contribution in [-0.2, 0) is 20.3 Å². The van der Waals surface area contributed by atoms with Gasteiger partial charge in [0.1, 0.15) is 5.41 Å². The summed E-state index contributed by atoms with van der Waals surface area (Å²) in [5.41, 5.74) is -0.536. The summed E-state index contributed by atoms with van der Waals surface area (Å²) in [6.45, 7) is 2.27. The van der Waals surface area contributed by atoms with E-state index in [1.165, 1.54) is 0 Å². The van der Waals surface area contributed by atoms with E-state index in [0.29, 0.717) is 13.0 Å². The number of carboxylic acid groups (broad SMARTS) is 1. The van der Waals surface area contributed by atoms with E-state index < -0.39 is 24.9 Å². The Hall–Kier alpha value is -1.16. The first-order valence-electron chi connectivity index (χ1n) is 7.59. The maximum Gasteiger partial charge on any atom is 0.312 e. The van der Waals surface area contributed by atoms with Gasteiger partial charge in [-0.2, -0.15) is 0 Å². The van der Waals surface area contributed by atoms with Gasteiger partial charge in [-0.15, -0.1) is 0 Å². The number of rotatable bonds is 7. The second-order valence-corrected chi connectivity index (χ2v) is 8.29. The maximum atomic E-state index is 12.7. The summed E-state index contributed by atoms with van der Waals surface area (Å²) >= 11 is 0. The van der Waals surface area contributed by atoms with Gasteiger partial charge in [0.2, 0.25) is 7.37 Å². The van der Waals surface area contributed by atoms with Crippen LogP contribution in [-0.4, -0.2) is 34.8 Å².